The average Bonchev–Trinajstić information content (AvgIpc) is 3.16. The molecule has 0 aliphatic carbocycles. The van der Waals surface area contributed by atoms with Gasteiger partial charge in [-0.1, -0.05) is 43.7 Å². The number of nitrogens with zero attached hydrogens (tertiary/aromatic N) is 5. The van der Waals surface area contributed by atoms with Crippen molar-refractivity contribution in [3.05, 3.63) is 62.3 Å². The molecule has 0 saturated heterocycles. The number of aliphatic hydroxyl groups is 1. The van der Waals surface area contributed by atoms with E-state index in [4.69, 9.17) is 12.7 Å². The van der Waals surface area contributed by atoms with Crippen LogP contribution in [-0.4, -0.2) is 38.1 Å². The van der Waals surface area contributed by atoms with Gasteiger partial charge >= 0.3 is 5.69 Å². The summed E-state index contributed by atoms with van der Waals surface area (Å²) in [6.45, 7) is 2.35. The van der Waals surface area contributed by atoms with Crippen LogP contribution in [0, 0.1) is 0 Å². The number of rotatable bonds is 5. The SMILES string of the molecule is [B]OC1C(CCC)=C(O)n2c(nc3c2c(=O)n(C)c(=O)n3C)N1Cc1ccccc1. The van der Waals surface area contributed by atoms with Crippen molar-refractivity contribution in [2.45, 2.75) is 32.5 Å². The molecule has 1 aliphatic heterocycles. The van der Waals surface area contributed by atoms with Gasteiger partial charge in [-0.05, 0) is 12.0 Å². The van der Waals surface area contributed by atoms with E-state index in [0.29, 0.717) is 18.5 Å². The summed E-state index contributed by atoms with van der Waals surface area (Å²) in [5.74, 6) is 0.129. The van der Waals surface area contributed by atoms with Crippen molar-refractivity contribution in [2.75, 3.05) is 4.90 Å². The lowest BCUT2D eigenvalue weighted by Gasteiger charge is -2.37. The number of aromatic nitrogens is 4. The van der Waals surface area contributed by atoms with Gasteiger partial charge in [0, 0.05) is 26.2 Å². The highest BCUT2D eigenvalue weighted by atomic mass is 16.5. The predicted octanol–water partition coefficient (Wildman–Crippen LogP) is 1.41. The highest BCUT2D eigenvalue weighted by Gasteiger charge is 2.37. The summed E-state index contributed by atoms with van der Waals surface area (Å²) in [4.78, 5) is 31.7. The lowest BCUT2D eigenvalue weighted by molar-refractivity contribution is 0.230. The van der Waals surface area contributed by atoms with E-state index >= 15 is 0 Å². The second-order valence-electron chi connectivity index (χ2n) is 7.33. The highest BCUT2D eigenvalue weighted by Crippen LogP contribution is 2.36. The Hall–Kier alpha value is -3.27. The summed E-state index contributed by atoms with van der Waals surface area (Å²) in [5, 5.41) is 11.1. The number of hydrogen-bond acceptors (Lipinski definition) is 6. The molecule has 30 heavy (non-hydrogen) atoms. The average molecular weight is 407 g/mol. The Morgan fingerprint density at radius 1 is 1.17 bits per heavy atom. The molecule has 2 radical (unpaired) electrons. The number of aryl methyl sites for hydroxylation is 1. The smallest absolute Gasteiger partial charge is 0.332 e. The van der Waals surface area contributed by atoms with Crippen LogP contribution in [0.15, 0.2) is 45.5 Å². The molecule has 1 aromatic carbocycles. The van der Waals surface area contributed by atoms with Crippen LogP contribution in [-0.2, 0) is 25.3 Å². The first-order valence-corrected chi connectivity index (χ1v) is 9.67. The van der Waals surface area contributed by atoms with E-state index in [1.807, 2.05) is 37.3 Å². The minimum absolute atomic E-state index is 0.120. The highest BCUT2D eigenvalue weighted by molar-refractivity contribution is 5.98. The van der Waals surface area contributed by atoms with Gasteiger partial charge < -0.3 is 14.7 Å². The van der Waals surface area contributed by atoms with Gasteiger partial charge in [-0.2, -0.15) is 4.98 Å². The molecule has 4 rings (SSSR count). The van der Waals surface area contributed by atoms with Crippen LogP contribution < -0.4 is 16.1 Å². The molecule has 1 unspecified atom stereocenters. The zero-order valence-corrected chi connectivity index (χ0v) is 17.1. The van der Waals surface area contributed by atoms with E-state index < -0.39 is 17.5 Å². The first kappa shape index (κ1) is 20.0. The van der Waals surface area contributed by atoms with Gasteiger partial charge in [-0.3, -0.25) is 13.9 Å². The summed E-state index contributed by atoms with van der Waals surface area (Å²) in [6.07, 6.45) is 0.469. The van der Waals surface area contributed by atoms with Crippen LogP contribution >= 0.6 is 0 Å². The third kappa shape index (κ3) is 2.87. The van der Waals surface area contributed by atoms with Crippen molar-refractivity contribution in [2.24, 2.45) is 14.1 Å². The van der Waals surface area contributed by atoms with Crippen LogP contribution in [0.4, 0.5) is 5.95 Å². The standard InChI is InChI=1S/C20H22BN5O4/c1-4-8-13-16(27)26-14-15(23(2)20(29)24(3)17(14)28)22-19(26)25(18(13)30-21)11-12-9-6-5-7-10-12/h5-7,9-10,18,27H,4,8,11H2,1-3H3. The summed E-state index contributed by atoms with van der Waals surface area (Å²) < 4.78 is 8.95. The molecular weight excluding hydrogens is 385 g/mol. The van der Waals surface area contributed by atoms with Crippen LogP contribution in [0.5, 0.6) is 0 Å². The van der Waals surface area contributed by atoms with Gasteiger partial charge in [0.05, 0.1) is 0 Å². The Morgan fingerprint density at radius 2 is 1.87 bits per heavy atom. The van der Waals surface area contributed by atoms with Crippen LogP contribution in [0.25, 0.3) is 17.0 Å². The summed E-state index contributed by atoms with van der Waals surface area (Å²) in [7, 11) is 8.58. The molecular formula is C20H22BN5O4. The molecule has 2 aromatic heterocycles. The minimum atomic E-state index is -0.768. The molecule has 3 aromatic rings. The molecule has 0 amide bonds. The van der Waals surface area contributed by atoms with E-state index in [0.717, 1.165) is 16.6 Å². The van der Waals surface area contributed by atoms with Crippen molar-refractivity contribution >= 4 is 31.0 Å². The second kappa shape index (κ2) is 7.53. The van der Waals surface area contributed by atoms with Gasteiger partial charge in [0.15, 0.2) is 11.2 Å². The third-order valence-electron chi connectivity index (χ3n) is 5.42. The fourth-order valence-electron chi connectivity index (χ4n) is 3.92. The number of imidazole rings is 1. The van der Waals surface area contributed by atoms with Crippen LogP contribution in [0.2, 0.25) is 0 Å². The second-order valence-corrected chi connectivity index (χ2v) is 7.33. The summed E-state index contributed by atoms with van der Waals surface area (Å²) in [5.41, 5.74) is 0.767. The largest absolute Gasteiger partial charge is 0.494 e. The van der Waals surface area contributed by atoms with Gasteiger partial charge in [-0.25, -0.2) is 9.36 Å². The lowest BCUT2D eigenvalue weighted by atomic mass is 10.1. The Kier molecular flexibility index (Phi) is 5.02. The number of hydrogen-bond donors (Lipinski definition) is 1. The Bertz CT molecular complexity index is 1260. The molecule has 0 bridgehead atoms. The molecule has 1 N–H and O–H groups in total. The molecule has 0 saturated carbocycles. The topological polar surface area (TPSA) is 94.5 Å². The van der Waals surface area contributed by atoms with Gasteiger partial charge in [0.1, 0.15) is 6.23 Å². The third-order valence-corrected chi connectivity index (χ3v) is 5.42. The summed E-state index contributed by atoms with van der Waals surface area (Å²) in [6, 6.07) is 9.65. The number of anilines is 1. The zero-order chi connectivity index (χ0) is 21.6. The molecule has 1 aliphatic rings. The van der Waals surface area contributed by atoms with Gasteiger partial charge in [0.25, 0.3) is 13.6 Å². The predicted molar refractivity (Wildman–Crippen MR) is 114 cm³/mol. The maximum Gasteiger partial charge on any atom is 0.332 e. The molecule has 9 nitrogen and oxygen atoms in total. The number of aliphatic hydroxyl groups excluding tert-OH is 1. The van der Waals surface area contributed by atoms with Crippen molar-refractivity contribution in [1.82, 2.24) is 18.7 Å². The summed E-state index contributed by atoms with van der Waals surface area (Å²) >= 11 is 0. The fourth-order valence-corrected chi connectivity index (χ4v) is 3.92. The molecule has 10 heteroatoms. The zero-order valence-electron chi connectivity index (χ0n) is 17.1. The van der Waals surface area contributed by atoms with Gasteiger partial charge in [-0.15, -0.1) is 0 Å². The first-order chi connectivity index (χ1) is 14.4. The normalized spacial score (nSPS) is 16.4. The van der Waals surface area contributed by atoms with E-state index in [2.05, 4.69) is 4.98 Å². The Labute approximate surface area is 173 Å². The van der Waals surface area contributed by atoms with Crippen molar-refractivity contribution < 1.29 is 9.76 Å². The quantitative estimate of drug-likeness (QED) is 0.643. The molecule has 0 fully saturated rings. The molecule has 0 spiro atoms. The number of fused-ring (bicyclic) bond motifs is 3. The van der Waals surface area contributed by atoms with E-state index in [9.17, 15) is 14.7 Å². The van der Waals surface area contributed by atoms with Gasteiger partial charge in [0.2, 0.25) is 11.8 Å². The Balaban J connectivity index is 2.06. The molecule has 1 atom stereocenters. The minimum Gasteiger partial charge on any atom is -0.494 e. The van der Waals surface area contributed by atoms with Crippen molar-refractivity contribution in [3.63, 3.8) is 0 Å². The lowest BCUT2D eigenvalue weighted by Crippen LogP contribution is -2.43. The number of benzene rings is 1. The Morgan fingerprint density at radius 3 is 2.50 bits per heavy atom. The van der Waals surface area contributed by atoms with E-state index in [1.54, 1.807) is 4.90 Å². The van der Waals surface area contributed by atoms with Crippen LogP contribution in [0.3, 0.4) is 0 Å². The molecule has 154 valence electrons. The van der Waals surface area contributed by atoms with E-state index in [-0.39, 0.29) is 23.0 Å². The van der Waals surface area contributed by atoms with Crippen molar-refractivity contribution in [1.29, 1.82) is 0 Å². The van der Waals surface area contributed by atoms with Crippen molar-refractivity contribution in [3.8, 4) is 0 Å². The monoisotopic (exact) mass is 407 g/mol. The van der Waals surface area contributed by atoms with E-state index in [1.165, 1.54) is 23.2 Å². The van der Waals surface area contributed by atoms with Crippen LogP contribution in [0.1, 0.15) is 25.3 Å². The fraction of sp³-hybridized carbons (Fsp3) is 0.350. The maximum atomic E-state index is 12.9. The maximum absolute atomic E-state index is 12.9. The first-order valence-electron chi connectivity index (χ1n) is 9.67. The molecule has 3 heterocycles.